The lowest BCUT2D eigenvalue weighted by Gasteiger charge is -2.12. The second kappa shape index (κ2) is 10.6. The molecule has 0 radical (unpaired) electrons. The Labute approximate surface area is 181 Å². The Morgan fingerprint density at radius 3 is 2.16 bits per heavy atom. The molecule has 0 saturated heterocycles. The van der Waals surface area contributed by atoms with Crippen molar-refractivity contribution in [2.45, 2.75) is 51.9 Å². The van der Waals surface area contributed by atoms with Gasteiger partial charge in [-0.25, -0.2) is 4.79 Å². The normalized spacial score (nSPS) is 14.4. The van der Waals surface area contributed by atoms with Crippen LogP contribution in [0.15, 0.2) is 53.7 Å². The number of hydrogen-bond donors (Lipinski definition) is 0. The largest absolute Gasteiger partial charge is 0.335 e. The highest BCUT2D eigenvalue weighted by molar-refractivity contribution is 6.46. The van der Waals surface area contributed by atoms with Gasteiger partial charge >= 0.3 is 5.97 Å². The van der Waals surface area contributed by atoms with Gasteiger partial charge in [-0.1, -0.05) is 55.6 Å². The van der Waals surface area contributed by atoms with E-state index >= 15 is 0 Å². The van der Waals surface area contributed by atoms with Crippen LogP contribution in [0.25, 0.3) is 11.1 Å². The highest BCUT2D eigenvalue weighted by atomic mass is 16.7. The first-order chi connectivity index (χ1) is 15.0. The van der Waals surface area contributed by atoms with Crippen LogP contribution in [-0.2, 0) is 9.63 Å². The smallest absolute Gasteiger partial charge is 0.318 e. The minimum absolute atomic E-state index is 0.000763. The van der Waals surface area contributed by atoms with E-state index in [1.807, 2.05) is 6.92 Å². The van der Waals surface area contributed by atoms with Crippen molar-refractivity contribution in [1.29, 1.82) is 0 Å². The fraction of sp³-hybridized carbons (Fsp3) is 0.375. The van der Waals surface area contributed by atoms with Crippen molar-refractivity contribution in [3.05, 3.63) is 64.2 Å². The summed E-state index contributed by atoms with van der Waals surface area (Å²) in [5.41, 5.74) is 2.48. The number of Topliss-reactive ketones (excluding diaryl/α,β-unsaturated/α-hetero) is 1. The summed E-state index contributed by atoms with van der Waals surface area (Å²) in [7, 11) is 0. The molecule has 0 amide bonds. The van der Waals surface area contributed by atoms with E-state index in [1.165, 1.54) is 12.1 Å². The van der Waals surface area contributed by atoms with Crippen LogP contribution in [0.2, 0.25) is 0 Å². The maximum absolute atomic E-state index is 13.1. The summed E-state index contributed by atoms with van der Waals surface area (Å²) in [5, 5.41) is 14.8. The molecular weight excluding hydrogens is 396 g/mol. The lowest BCUT2D eigenvalue weighted by atomic mass is 9.93. The van der Waals surface area contributed by atoms with Crippen LogP contribution in [0, 0.1) is 16.0 Å². The van der Waals surface area contributed by atoms with E-state index in [2.05, 4.69) is 5.16 Å². The topological polar surface area (TPSA) is 98.9 Å². The molecule has 3 rings (SSSR count). The first kappa shape index (κ1) is 22.3. The highest BCUT2D eigenvalue weighted by Gasteiger charge is 2.28. The molecule has 0 heterocycles. The Hall–Kier alpha value is -3.35. The number of nitro groups is 1. The third-order valence-electron chi connectivity index (χ3n) is 5.51. The number of hydrogen-bond acceptors (Lipinski definition) is 6. The second-order valence-electron chi connectivity index (χ2n) is 7.74. The Bertz CT molecular complexity index is 958. The minimum atomic E-state index is -0.440. The fourth-order valence-electron chi connectivity index (χ4n) is 3.71. The van der Waals surface area contributed by atoms with Gasteiger partial charge in [0.25, 0.3) is 5.69 Å². The summed E-state index contributed by atoms with van der Waals surface area (Å²) in [6, 6.07) is 13.3. The number of carbonyl (C=O) groups excluding carboxylic acids is 2. The van der Waals surface area contributed by atoms with E-state index < -0.39 is 10.9 Å². The van der Waals surface area contributed by atoms with Crippen molar-refractivity contribution < 1.29 is 19.3 Å². The SMILES string of the molecule is CCCCC(=O)O/N=C(\C(=O)c1ccc(-c2ccc([N+](=O)[O-])cc2)cc1)C1CCCC1. The van der Waals surface area contributed by atoms with E-state index in [-0.39, 0.29) is 23.8 Å². The van der Waals surface area contributed by atoms with Gasteiger partial charge in [0, 0.05) is 30.0 Å². The number of nitrogens with zero attached hydrogens (tertiary/aromatic N) is 2. The van der Waals surface area contributed by atoms with Gasteiger partial charge in [0.15, 0.2) is 0 Å². The van der Waals surface area contributed by atoms with E-state index in [4.69, 9.17) is 4.84 Å². The average Bonchev–Trinajstić information content (AvgIpc) is 3.32. The number of non-ortho nitro benzene ring substituents is 1. The summed E-state index contributed by atoms with van der Waals surface area (Å²) in [5.74, 6) is -0.648. The number of unbranched alkanes of at least 4 members (excludes halogenated alkanes) is 1. The van der Waals surface area contributed by atoms with Crippen molar-refractivity contribution in [1.82, 2.24) is 0 Å². The number of oxime groups is 1. The van der Waals surface area contributed by atoms with Gasteiger partial charge in [-0.3, -0.25) is 14.9 Å². The van der Waals surface area contributed by atoms with E-state index in [0.717, 1.165) is 49.7 Å². The molecule has 0 aromatic heterocycles. The van der Waals surface area contributed by atoms with Gasteiger partial charge < -0.3 is 4.84 Å². The summed E-state index contributed by atoms with van der Waals surface area (Å²) in [4.78, 5) is 40.4. The first-order valence-electron chi connectivity index (χ1n) is 10.7. The monoisotopic (exact) mass is 422 g/mol. The molecule has 1 fully saturated rings. The van der Waals surface area contributed by atoms with Crippen LogP contribution in [0.4, 0.5) is 5.69 Å². The highest BCUT2D eigenvalue weighted by Crippen LogP contribution is 2.28. The molecule has 0 unspecified atom stereocenters. The van der Waals surface area contributed by atoms with E-state index in [0.29, 0.717) is 11.3 Å². The molecule has 7 nitrogen and oxygen atoms in total. The molecule has 0 bridgehead atoms. The lowest BCUT2D eigenvalue weighted by molar-refractivity contribution is -0.384. The summed E-state index contributed by atoms with van der Waals surface area (Å²) >= 11 is 0. The molecule has 7 heteroatoms. The Morgan fingerprint density at radius 1 is 1.03 bits per heavy atom. The molecule has 0 atom stereocenters. The van der Waals surface area contributed by atoms with Gasteiger partial charge in [-0.15, -0.1) is 0 Å². The molecule has 1 aliphatic carbocycles. The Kier molecular flexibility index (Phi) is 7.65. The number of ketones is 1. The number of carbonyl (C=O) groups is 2. The molecular formula is C24H26N2O5. The van der Waals surface area contributed by atoms with Crippen LogP contribution in [-0.4, -0.2) is 22.4 Å². The van der Waals surface area contributed by atoms with Crippen LogP contribution < -0.4 is 0 Å². The van der Waals surface area contributed by atoms with Crippen molar-refractivity contribution in [3.8, 4) is 11.1 Å². The van der Waals surface area contributed by atoms with Gasteiger partial charge in [-0.2, -0.15) is 0 Å². The third-order valence-corrected chi connectivity index (χ3v) is 5.51. The van der Waals surface area contributed by atoms with Crippen molar-refractivity contribution in [2.24, 2.45) is 11.1 Å². The maximum atomic E-state index is 13.1. The summed E-state index contributed by atoms with van der Waals surface area (Å²) in [6.45, 7) is 1.99. The zero-order chi connectivity index (χ0) is 22.2. The van der Waals surface area contributed by atoms with E-state index in [1.54, 1.807) is 36.4 Å². The standard InChI is InChI=1S/C24H26N2O5/c1-2-3-8-22(27)31-25-23(19-6-4-5-7-19)24(28)20-11-9-17(10-12-20)18-13-15-21(16-14-18)26(29)30/h9-16,19H,2-8H2,1H3/b25-23-. The molecule has 2 aromatic carbocycles. The second-order valence-corrected chi connectivity index (χ2v) is 7.74. The van der Waals surface area contributed by atoms with Crippen molar-refractivity contribution in [2.75, 3.05) is 0 Å². The fourth-order valence-corrected chi connectivity index (χ4v) is 3.71. The molecule has 0 aliphatic heterocycles. The zero-order valence-corrected chi connectivity index (χ0v) is 17.6. The lowest BCUT2D eigenvalue weighted by Crippen LogP contribution is -2.23. The molecule has 0 spiro atoms. The maximum Gasteiger partial charge on any atom is 0.335 e. The molecule has 2 aromatic rings. The number of rotatable bonds is 9. The molecule has 31 heavy (non-hydrogen) atoms. The van der Waals surface area contributed by atoms with Gasteiger partial charge in [0.2, 0.25) is 5.78 Å². The zero-order valence-electron chi connectivity index (χ0n) is 17.6. The third kappa shape index (κ3) is 5.84. The number of benzene rings is 2. The van der Waals surface area contributed by atoms with Gasteiger partial charge in [0.1, 0.15) is 5.71 Å². The quantitative estimate of drug-likeness (QED) is 0.169. The molecule has 0 N–H and O–H groups in total. The van der Waals surface area contributed by atoms with Crippen molar-refractivity contribution >= 4 is 23.2 Å². The van der Waals surface area contributed by atoms with Crippen LogP contribution in [0.1, 0.15) is 62.2 Å². The van der Waals surface area contributed by atoms with Crippen LogP contribution in [0.3, 0.4) is 0 Å². The Balaban J connectivity index is 1.77. The molecule has 1 saturated carbocycles. The predicted molar refractivity (Wildman–Crippen MR) is 118 cm³/mol. The molecule has 162 valence electrons. The average molecular weight is 422 g/mol. The minimum Gasteiger partial charge on any atom is -0.318 e. The van der Waals surface area contributed by atoms with Crippen LogP contribution in [0.5, 0.6) is 0 Å². The van der Waals surface area contributed by atoms with Gasteiger partial charge in [-0.05, 0) is 42.5 Å². The summed E-state index contributed by atoms with van der Waals surface area (Å²) < 4.78 is 0. The molecule has 1 aliphatic rings. The first-order valence-corrected chi connectivity index (χ1v) is 10.7. The van der Waals surface area contributed by atoms with Crippen LogP contribution >= 0.6 is 0 Å². The van der Waals surface area contributed by atoms with Gasteiger partial charge in [0.05, 0.1) is 4.92 Å². The van der Waals surface area contributed by atoms with Crippen molar-refractivity contribution in [3.63, 3.8) is 0 Å². The predicted octanol–water partition coefficient (Wildman–Crippen LogP) is 5.72. The summed E-state index contributed by atoms with van der Waals surface area (Å²) in [6.07, 6.45) is 5.67. The Morgan fingerprint density at radius 2 is 1.61 bits per heavy atom. The number of nitro benzene ring substituents is 1. The van der Waals surface area contributed by atoms with E-state index in [9.17, 15) is 19.7 Å².